The Morgan fingerprint density at radius 3 is 1.71 bits per heavy atom. The summed E-state index contributed by atoms with van der Waals surface area (Å²) in [5.74, 6) is 7.59. The van der Waals surface area contributed by atoms with Crippen LogP contribution in [0.4, 0.5) is 0 Å². The van der Waals surface area contributed by atoms with Gasteiger partial charge in [0.1, 0.15) is 5.84 Å². The topological polar surface area (TPSA) is 94.1 Å². The molecule has 1 heterocycles. The molecule has 2 N–H and O–H groups in total. The molecule has 0 spiro atoms. The van der Waals surface area contributed by atoms with Crippen LogP contribution in [0.5, 0.6) is 0 Å². The first kappa shape index (κ1) is 38.0. The van der Waals surface area contributed by atoms with E-state index in [1.807, 2.05) is 34.6 Å². The van der Waals surface area contributed by atoms with E-state index in [-0.39, 0.29) is 12.4 Å². The van der Waals surface area contributed by atoms with Gasteiger partial charge in [-0.2, -0.15) is 9.98 Å². The molecule has 1 rings (SSSR count). The van der Waals surface area contributed by atoms with Crippen LogP contribution in [0.2, 0.25) is 6.04 Å². The molecule has 0 saturated carbocycles. The molecule has 242 valence electrons. The number of nitrogens with zero attached hydrogens (tertiary/aromatic N) is 4. The quantitative estimate of drug-likeness (QED) is 0.0625. The van der Waals surface area contributed by atoms with Gasteiger partial charge in [-0.1, -0.05) is 78.1 Å². The lowest BCUT2D eigenvalue weighted by molar-refractivity contribution is 0.0704. The fraction of sp³-hybridized carbons (Fsp3) is 0.935. The smallest absolute Gasteiger partial charge is 0.461 e. The van der Waals surface area contributed by atoms with Gasteiger partial charge in [0, 0.05) is 45.4 Å². The molecule has 0 aromatic carbocycles. The van der Waals surface area contributed by atoms with Gasteiger partial charge in [0.05, 0.1) is 6.10 Å². The number of hydrazine groups is 1. The van der Waals surface area contributed by atoms with Crippen molar-refractivity contribution in [2.24, 2.45) is 15.8 Å². The van der Waals surface area contributed by atoms with Crippen molar-refractivity contribution in [3.8, 4) is 0 Å². The Hall–Kier alpha value is -1.04. The minimum absolute atomic E-state index is 0.0109. The fourth-order valence-electron chi connectivity index (χ4n) is 5.20. The van der Waals surface area contributed by atoms with Crippen molar-refractivity contribution in [2.45, 2.75) is 157 Å². The van der Waals surface area contributed by atoms with Gasteiger partial charge in [0.15, 0.2) is 6.29 Å². The third-order valence-electron chi connectivity index (χ3n) is 7.24. The van der Waals surface area contributed by atoms with Crippen LogP contribution < -0.4 is 5.84 Å². The molecule has 0 fully saturated rings. The highest BCUT2D eigenvalue weighted by atomic mass is 28.4. The van der Waals surface area contributed by atoms with Crippen LogP contribution in [0.25, 0.3) is 0 Å². The van der Waals surface area contributed by atoms with E-state index in [1.165, 1.54) is 64.2 Å². The maximum Gasteiger partial charge on any atom is 0.500 e. The van der Waals surface area contributed by atoms with Crippen LogP contribution in [0.1, 0.15) is 138 Å². The largest absolute Gasteiger partial charge is 0.500 e. The monoisotopic (exact) mass is 599 g/mol. The van der Waals surface area contributed by atoms with E-state index < -0.39 is 8.80 Å². The van der Waals surface area contributed by atoms with Gasteiger partial charge in [-0.3, -0.25) is 9.91 Å². The Bertz CT molecular complexity index is 677. The first-order chi connectivity index (χ1) is 19.9. The van der Waals surface area contributed by atoms with E-state index in [4.69, 9.17) is 33.8 Å². The minimum Gasteiger partial charge on any atom is -0.461 e. The van der Waals surface area contributed by atoms with Gasteiger partial charge in [0.2, 0.25) is 0 Å². The van der Waals surface area contributed by atoms with Crippen LogP contribution in [0.15, 0.2) is 9.98 Å². The Morgan fingerprint density at radius 1 is 0.756 bits per heavy atom. The van der Waals surface area contributed by atoms with Gasteiger partial charge in [0.25, 0.3) is 0 Å². The second kappa shape index (κ2) is 23.4. The molecule has 1 aliphatic heterocycles. The molecular weight excluding hydrogens is 534 g/mol. The summed E-state index contributed by atoms with van der Waals surface area (Å²) in [6.07, 6.45) is 16.3. The zero-order chi connectivity index (χ0) is 30.3. The lowest BCUT2D eigenvalue weighted by atomic mass is 10.1. The van der Waals surface area contributed by atoms with Gasteiger partial charge in [-0.15, -0.1) is 0 Å². The van der Waals surface area contributed by atoms with Gasteiger partial charge >= 0.3 is 14.8 Å². The van der Waals surface area contributed by atoms with E-state index in [2.05, 4.69) is 18.7 Å². The van der Waals surface area contributed by atoms with Gasteiger partial charge in [-0.05, 0) is 53.9 Å². The van der Waals surface area contributed by atoms with Crippen molar-refractivity contribution < 1.29 is 18.0 Å². The minimum atomic E-state index is -2.73. The number of nitrogens with two attached hydrogens (primary N) is 1. The first-order valence-corrected chi connectivity index (χ1v) is 18.8. The highest BCUT2D eigenvalue weighted by Gasteiger charge is 2.40. The predicted molar refractivity (Wildman–Crippen MR) is 174 cm³/mol. The van der Waals surface area contributed by atoms with Crippen LogP contribution in [0, 0.1) is 0 Å². The molecule has 1 aliphatic rings. The Balaban J connectivity index is 3.00. The number of amidine groups is 2. The number of ether oxygens (including phenoxy) is 1. The highest BCUT2D eigenvalue weighted by molar-refractivity contribution is 6.60. The first-order valence-electron chi connectivity index (χ1n) is 16.9. The third kappa shape index (κ3) is 15.8. The second-order valence-electron chi connectivity index (χ2n) is 11.3. The van der Waals surface area contributed by atoms with E-state index >= 15 is 0 Å². The van der Waals surface area contributed by atoms with Crippen molar-refractivity contribution in [3.05, 3.63) is 0 Å². The van der Waals surface area contributed by atoms with Crippen LogP contribution in [-0.4, -0.2) is 75.9 Å². The maximum absolute atomic E-state index is 6.80. The summed E-state index contributed by atoms with van der Waals surface area (Å²) in [5.41, 5.74) is 0. The molecule has 41 heavy (non-hydrogen) atoms. The third-order valence-corrected chi connectivity index (χ3v) is 10.4. The summed E-state index contributed by atoms with van der Waals surface area (Å²) in [4.78, 5) is 12.1. The van der Waals surface area contributed by atoms with Gasteiger partial charge in [-0.25, -0.2) is 5.84 Å². The molecule has 1 unspecified atom stereocenters. The molecule has 0 radical (unpaired) electrons. The van der Waals surface area contributed by atoms with Crippen LogP contribution in [0.3, 0.4) is 0 Å². The molecule has 0 amide bonds. The SMILES string of the molecule is CCCCCCCCN(CCCCCCCC)C1N=C(OC(C)C)N=C(CCC[Si](OCC)(OCC)OCC)N1N. The molecule has 0 aromatic rings. The number of hydrogen-bond donors (Lipinski definition) is 1. The normalized spacial score (nSPS) is 16.0. The molecule has 0 bridgehead atoms. The summed E-state index contributed by atoms with van der Waals surface area (Å²) in [6, 6.07) is 1.15. The summed E-state index contributed by atoms with van der Waals surface area (Å²) < 4.78 is 24.3. The zero-order valence-electron chi connectivity index (χ0n) is 27.8. The van der Waals surface area contributed by atoms with Crippen molar-refractivity contribution in [1.29, 1.82) is 0 Å². The van der Waals surface area contributed by atoms with Gasteiger partial charge < -0.3 is 18.0 Å². The lowest BCUT2D eigenvalue weighted by Gasteiger charge is -2.38. The molecular formula is C31H65N5O4Si. The number of unbranched alkanes of at least 4 members (excludes halogenated alkanes) is 10. The lowest BCUT2D eigenvalue weighted by Crippen LogP contribution is -2.56. The number of aliphatic imine (C=N–C) groups is 2. The molecule has 10 heteroatoms. The molecule has 0 aromatic heterocycles. The Morgan fingerprint density at radius 2 is 1.24 bits per heavy atom. The summed E-state index contributed by atoms with van der Waals surface area (Å²) in [7, 11) is -2.73. The standard InChI is InChI=1S/C31H65N5O4Si/c1-8-13-15-17-19-21-25-35(26-22-20-18-16-14-9-2)31-34-30(40-28(6)7)33-29(36(31)32)24-23-27-41(37-10-3,38-11-4)39-12-5/h28,31H,8-27,32H2,1-7H3. The van der Waals surface area contributed by atoms with E-state index in [0.717, 1.165) is 44.2 Å². The predicted octanol–water partition coefficient (Wildman–Crippen LogP) is 7.49. The summed E-state index contributed by atoms with van der Waals surface area (Å²) >= 11 is 0. The van der Waals surface area contributed by atoms with E-state index in [1.54, 1.807) is 5.01 Å². The number of hydrogen-bond acceptors (Lipinski definition) is 9. The average Bonchev–Trinajstić information content (AvgIpc) is 2.93. The maximum atomic E-state index is 6.80. The van der Waals surface area contributed by atoms with Crippen molar-refractivity contribution in [2.75, 3.05) is 32.9 Å². The highest BCUT2D eigenvalue weighted by Crippen LogP contribution is 2.23. The number of rotatable bonds is 26. The Labute approximate surface area is 254 Å². The molecule has 0 saturated heterocycles. The fourth-order valence-corrected chi connectivity index (χ4v) is 7.81. The van der Waals surface area contributed by atoms with Crippen LogP contribution >= 0.6 is 0 Å². The second-order valence-corrected chi connectivity index (χ2v) is 14.0. The van der Waals surface area contributed by atoms with Crippen molar-refractivity contribution in [3.63, 3.8) is 0 Å². The average molecular weight is 600 g/mol. The Kier molecular flexibility index (Phi) is 21.7. The van der Waals surface area contributed by atoms with Crippen molar-refractivity contribution >= 4 is 20.7 Å². The summed E-state index contributed by atoms with van der Waals surface area (Å²) in [6.45, 7) is 18.2. The zero-order valence-corrected chi connectivity index (χ0v) is 28.8. The molecule has 1 atom stereocenters. The van der Waals surface area contributed by atoms with E-state index in [0.29, 0.717) is 32.3 Å². The van der Waals surface area contributed by atoms with E-state index in [9.17, 15) is 0 Å². The van der Waals surface area contributed by atoms with Crippen molar-refractivity contribution in [1.82, 2.24) is 9.91 Å². The molecule has 9 nitrogen and oxygen atoms in total. The van der Waals surface area contributed by atoms with Crippen LogP contribution in [-0.2, 0) is 18.0 Å². The molecule has 0 aliphatic carbocycles. The summed E-state index contributed by atoms with van der Waals surface area (Å²) in [5, 5.41) is 1.77.